The second-order valence-electron chi connectivity index (χ2n) is 6.13. The van der Waals surface area contributed by atoms with E-state index in [-0.39, 0.29) is 11.1 Å². The summed E-state index contributed by atoms with van der Waals surface area (Å²) in [4.78, 5) is 27.0. The molecule has 6 heteroatoms. The van der Waals surface area contributed by atoms with Gasteiger partial charge in [0, 0.05) is 10.6 Å². The molecule has 1 heterocycles. The summed E-state index contributed by atoms with van der Waals surface area (Å²) in [6.07, 6.45) is 1.74. The van der Waals surface area contributed by atoms with E-state index < -0.39 is 0 Å². The van der Waals surface area contributed by atoms with Gasteiger partial charge in [-0.3, -0.25) is 9.59 Å². The van der Waals surface area contributed by atoms with Crippen molar-refractivity contribution < 1.29 is 14.3 Å². The van der Waals surface area contributed by atoms with Crippen molar-refractivity contribution in [2.24, 2.45) is 0 Å². The number of thioether (sulfide) groups is 1. The molecule has 140 valence electrons. The van der Waals surface area contributed by atoms with Crippen molar-refractivity contribution in [3.05, 3.63) is 76.2 Å². The van der Waals surface area contributed by atoms with Crippen molar-refractivity contribution in [1.82, 2.24) is 0 Å². The Kier molecular flexibility index (Phi) is 5.11. The molecule has 0 bridgehead atoms. The van der Waals surface area contributed by atoms with Crippen LogP contribution in [0.5, 0.6) is 5.75 Å². The summed E-state index contributed by atoms with van der Waals surface area (Å²) in [7, 11) is 0. The zero-order valence-electron chi connectivity index (χ0n) is 15.0. The van der Waals surface area contributed by atoms with Gasteiger partial charge in [-0.2, -0.15) is 0 Å². The van der Waals surface area contributed by atoms with Crippen molar-refractivity contribution >= 4 is 57.0 Å². The molecule has 2 amide bonds. The van der Waals surface area contributed by atoms with Crippen molar-refractivity contribution in [1.29, 1.82) is 0 Å². The average molecular weight is 410 g/mol. The Morgan fingerprint density at radius 3 is 2.68 bits per heavy atom. The summed E-state index contributed by atoms with van der Waals surface area (Å²) in [5.41, 5.74) is 1.25. The third-order valence-corrected chi connectivity index (χ3v) is 5.47. The minimum Gasteiger partial charge on any atom is -0.493 e. The van der Waals surface area contributed by atoms with Gasteiger partial charge < -0.3 is 4.74 Å². The summed E-state index contributed by atoms with van der Waals surface area (Å²) in [6.45, 7) is 2.41. The molecule has 0 saturated carbocycles. The van der Waals surface area contributed by atoms with Crippen LogP contribution in [0.4, 0.5) is 10.5 Å². The van der Waals surface area contributed by atoms with Crippen LogP contribution in [0, 0.1) is 0 Å². The van der Waals surface area contributed by atoms with E-state index in [1.54, 1.807) is 30.3 Å². The number of imide groups is 1. The fourth-order valence-corrected chi connectivity index (χ4v) is 4.15. The molecular weight excluding hydrogens is 394 g/mol. The van der Waals surface area contributed by atoms with Gasteiger partial charge in [-0.1, -0.05) is 48.0 Å². The highest BCUT2D eigenvalue weighted by molar-refractivity contribution is 8.19. The molecule has 0 spiro atoms. The number of anilines is 1. The normalized spacial score (nSPS) is 15.6. The van der Waals surface area contributed by atoms with Gasteiger partial charge in [-0.15, -0.1) is 0 Å². The highest BCUT2D eigenvalue weighted by Crippen LogP contribution is 2.39. The molecule has 0 atom stereocenters. The lowest BCUT2D eigenvalue weighted by Crippen LogP contribution is -2.27. The van der Waals surface area contributed by atoms with Crippen LogP contribution in [0.2, 0.25) is 5.02 Å². The number of ether oxygens (including phenoxy) is 1. The lowest BCUT2D eigenvalue weighted by Gasteiger charge is -2.13. The molecule has 0 N–H and O–H groups in total. The van der Waals surface area contributed by atoms with Gasteiger partial charge in [0.1, 0.15) is 5.75 Å². The predicted octanol–water partition coefficient (Wildman–Crippen LogP) is 6.13. The first-order valence-corrected chi connectivity index (χ1v) is 9.96. The van der Waals surface area contributed by atoms with E-state index in [2.05, 4.69) is 0 Å². The average Bonchev–Trinajstić information content (AvgIpc) is 2.97. The number of fused-ring (bicyclic) bond motifs is 1. The first kappa shape index (κ1) is 18.6. The Bertz CT molecular complexity index is 1130. The molecule has 1 aliphatic rings. The van der Waals surface area contributed by atoms with Crippen LogP contribution in [-0.2, 0) is 4.79 Å². The van der Waals surface area contributed by atoms with Crippen LogP contribution in [0.15, 0.2) is 65.6 Å². The Labute approximate surface area is 171 Å². The first-order chi connectivity index (χ1) is 13.6. The number of hydrogen-bond donors (Lipinski definition) is 0. The lowest BCUT2D eigenvalue weighted by atomic mass is 10.0. The van der Waals surface area contributed by atoms with Crippen LogP contribution < -0.4 is 9.64 Å². The summed E-state index contributed by atoms with van der Waals surface area (Å²) < 4.78 is 5.76. The number of benzene rings is 3. The van der Waals surface area contributed by atoms with Crippen LogP contribution in [-0.4, -0.2) is 17.8 Å². The van der Waals surface area contributed by atoms with E-state index in [1.807, 2.05) is 43.3 Å². The summed E-state index contributed by atoms with van der Waals surface area (Å²) in [5, 5.41) is 2.11. The van der Waals surface area contributed by atoms with E-state index in [0.717, 1.165) is 33.0 Å². The Morgan fingerprint density at radius 1 is 1.07 bits per heavy atom. The minimum absolute atomic E-state index is 0.349. The smallest absolute Gasteiger partial charge is 0.298 e. The van der Waals surface area contributed by atoms with Gasteiger partial charge in [0.15, 0.2) is 0 Å². The van der Waals surface area contributed by atoms with Crippen molar-refractivity contribution in [2.45, 2.75) is 6.92 Å². The molecule has 4 rings (SSSR count). The van der Waals surface area contributed by atoms with Gasteiger partial charge in [0.25, 0.3) is 11.1 Å². The highest BCUT2D eigenvalue weighted by atomic mass is 35.5. The van der Waals surface area contributed by atoms with Gasteiger partial charge in [0.05, 0.1) is 17.2 Å². The topological polar surface area (TPSA) is 46.6 Å². The van der Waals surface area contributed by atoms with Crippen LogP contribution in [0.3, 0.4) is 0 Å². The van der Waals surface area contributed by atoms with E-state index in [4.69, 9.17) is 16.3 Å². The summed E-state index contributed by atoms with van der Waals surface area (Å²) in [5.74, 6) is 0.309. The molecule has 1 saturated heterocycles. The molecule has 1 fully saturated rings. The Hall–Kier alpha value is -2.76. The maximum absolute atomic E-state index is 13.0. The van der Waals surface area contributed by atoms with Gasteiger partial charge in [-0.05, 0) is 59.8 Å². The zero-order chi connectivity index (χ0) is 19.7. The number of nitrogens with zero attached hydrogens (tertiary/aromatic N) is 1. The lowest BCUT2D eigenvalue weighted by molar-refractivity contribution is -0.113. The number of carbonyl (C=O) groups excluding carboxylic acids is 2. The fraction of sp³-hybridized carbons (Fsp3) is 0.0909. The van der Waals surface area contributed by atoms with Crippen molar-refractivity contribution in [3.8, 4) is 5.75 Å². The third-order valence-electron chi connectivity index (χ3n) is 4.37. The Morgan fingerprint density at radius 2 is 1.89 bits per heavy atom. The number of amides is 2. The Balaban J connectivity index is 1.80. The van der Waals surface area contributed by atoms with Crippen LogP contribution >= 0.6 is 23.4 Å². The zero-order valence-corrected chi connectivity index (χ0v) is 16.6. The predicted molar refractivity (Wildman–Crippen MR) is 115 cm³/mol. The molecular formula is C22H16ClNO3S. The molecule has 0 aromatic heterocycles. The number of halogens is 1. The first-order valence-electron chi connectivity index (χ1n) is 8.76. The van der Waals surface area contributed by atoms with E-state index in [0.29, 0.717) is 28.0 Å². The highest BCUT2D eigenvalue weighted by Gasteiger charge is 2.36. The molecule has 0 aliphatic carbocycles. The van der Waals surface area contributed by atoms with E-state index in [9.17, 15) is 9.59 Å². The molecule has 1 aliphatic heterocycles. The quantitative estimate of drug-likeness (QED) is 0.486. The van der Waals surface area contributed by atoms with Crippen molar-refractivity contribution in [3.63, 3.8) is 0 Å². The molecule has 0 unspecified atom stereocenters. The molecule has 3 aromatic rings. The van der Waals surface area contributed by atoms with Crippen molar-refractivity contribution in [2.75, 3.05) is 11.5 Å². The fourth-order valence-electron chi connectivity index (χ4n) is 3.14. The standard InChI is InChI=1S/C22H16ClNO3S/c1-2-27-19-11-10-14-6-3-4-9-17(14)18(19)13-20-21(25)24(22(26)28-20)16-8-5-7-15(23)12-16/h3-13H,2H2,1H3/b20-13+. The molecule has 0 radical (unpaired) electrons. The maximum atomic E-state index is 13.0. The van der Waals surface area contributed by atoms with E-state index >= 15 is 0 Å². The monoisotopic (exact) mass is 409 g/mol. The number of rotatable bonds is 4. The van der Waals surface area contributed by atoms with Gasteiger partial charge in [-0.25, -0.2) is 4.90 Å². The van der Waals surface area contributed by atoms with Gasteiger partial charge in [0.2, 0.25) is 0 Å². The van der Waals surface area contributed by atoms with Crippen LogP contribution in [0.1, 0.15) is 12.5 Å². The molecule has 4 nitrogen and oxygen atoms in total. The van der Waals surface area contributed by atoms with Crippen LogP contribution in [0.25, 0.3) is 16.8 Å². The third kappa shape index (κ3) is 3.39. The second kappa shape index (κ2) is 7.70. The molecule has 3 aromatic carbocycles. The molecule has 28 heavy (non-hydrogen) atoms. The second-order valence-corrected chi connectivity index (χ2v) is 7.56. The SMILES string of the molecule is CCOc1ccc2ccccc2c1/C=C1/SC(=O)N(c2cccc(Cl)c2)C1=O. The minimum atomic E-state index is -0.368. The van der Waals surface area contributed by atoms with Gasteiger partial charge >= 0.3 is 0 Å². The van der Waals surface area contributed by atoms with E-state index in [1.165, 1.54) is 0 Å². The summed E-state index contributed by atoms with van der Waals surface area (Å²) >= 11 is 6.93. The maximum Gasteiger partial charge on any atom is 0.298 e. The summed E-state index contributed by atoms with van der Waals surface area (Å²) in [6, 6.07) is 18.4. The largest absolute Gasteiger partial charge is 0.493 e. The number of hydrogen-bond acceptors (Lipinski definition) is 4. The number of carbonyl (C=O) groups is 2.